The van der Waals surface area contributed by atoms with Gasteiger partial charge in [0.05, 0.1) is 5.56 Å². The second kappa shape index (κ2) is 6.72. The van der Waals surface area contributed by atoms with Crippen molar-refractivity contribution in [1.29, 1.82) is 0 Å². The average Bonchev–Trinajstić information content (AvgIpc) is 2.46. The lowest BCUT2D eigenvalue weighted by Gasteiger charge is -2.15. The van der Waals surface area contributed by atoms with E-state index in [0.29, 0.717) is 27.8 Å². The Morgan fingerprint density at radius 2 is 1.95 bits per heavy atom. The maximum atomic E-state index is 13.8. The molecule has 0 saturated carbocycles. The molecule has 0 heterocycles. The summed E-state index contributed by atoms with van der Waals surface area (Å²) in [5, 5.41) is 3.12. The molecule has 2 aromatic carbocycles. The van der Waals surface area contributed by atoms with Crippen molar-refractivity contribution in [1.82, 2.24) is 4.90 Å². The van der Waals surface area contributed by atoms with Crippen molar-refractivity contribution in [2.75, 3.05) is 19.4 Å². The highest BCUT2D eigenvalue weighted by Gasteiger charge is 2.12. The molecule has 3 nitrogen and oxygen atoms in total. The Morgan fingerprint density at radius 1 is 1.24 bits per heavy atom. The molecular formula is C16H16BrFN2O. The number of halogens is 2. The summed E-state index contributed by atoms with van der Waals surface area (Å²) in [6, 6.07) is 12.1. The van der Waals surface area contributed by atoms with Crippen LogP contribution in [0.1, 0.15) is 15.9 Å². The summed E-state index contributed by atoms with van der Waals surface area (Å²) in [6.45, 7) is 0.316. The average molecular weight is 351 g/mol. The summed E-state index contributed by atoms with van der Waals surface area (Å²) in [6.07, 6.45) is 0. The molecule has 21 heavy (non-hydrogen) atoms. The first-order valence-corrected chi connectivity index (χ1v) is 7.27. The normalized spacial score (nSPS) is 10.3. The van der Waals surface area contributed by atoms with E-state index in [4.69, 9.17) is 0 Å². The van der Waals surface area contributed by atoms with Gasteiger partial charge in [-0.15, -0.1) is 0 Å². The molecule has 0 radical (unpaired) electrons. The van der Waals surface area contributed by atoms with Crippen LogP contribution < -0.4 is 5.32 Å². The highest BCUT2D eigenvalue weighted by atomic mass is 79.9. The van der Waals surface area contributed by atoms with E-state index in [0.717, 1.165) is 0 Å². The van der Waals surface area contributed by atoms with Crippen molar-refractivity contribution >= 4 is 27.5 Å². The van der Waals surface area contributed by atoms with Crippen molar-refractivity contribution in [2.24, 2.45) is 0 Å². The fourth-order valence-corrected chi connectivity index (χ4v) is 2.25. The van der Waals surface area contributed by atoms with Crippen LogP contribution in [0.25, 0.3) is 0 Å². The Kier molecular flexibility index (Phi) is 4.96. The summed E-state index contributed by atoms with van der Waals surface area (Å²) in [7, 11) is 3.40. The molecule has 0 atom stereocenters. The van der Waals surface area contributed by atoms with Gasteiger partial charge in [-0.1, -0.05) is 34.1 Å². The largest absolute Gasteiger partial charge is 0.380 e. The highest BCUT2D eigenvalue weighted by molar-refractivity contribution is 9.10. The van der Waals surface area contributed by atoms with Crippen LogP contribution in [0.2, 0.25) is 0 Å². The third kappa shape index (κ3) is 3.82. The first-order valence-electron chi connectivity index (χ1n) is 6.47. The molecule has 0 unspecified atom stereocenters. The van der Waals surface area contributed by atoms with E-state index in [9.17, 15) is 9.18 Å². The van der Waals surface area contributed by atoms with E-state index in [2.05, 4.69) is 21.2 Å². The predicted octanol–water partition coefficient (Wildman–Crippen LogP) is 3.90. The molecule has 0 aliphatic rings. The minimum atomic E-state index is -0.284. The van der Waals surface area contributed by atoms with Crippen LogP contribution in [0.15, 0.2) is 46.9 Å². The Bertz CT molecular complexity index is 658. The monoisotopic (exact) mass is 350 g/mol. The molecule has 0 saturated heterocycles. The second-order valence-electron chi connectivity index (χ2n) is 4.83. The quantitative estimate of drug-likeness (QED) is 0.906. The number of rotatable bonds is 4. The van der Waals surface area contributed by atoms with Crippen LogP contribution in [0.3, 0.4) is 0 Å². The number of para-hydroxylation sites is 1. The van der Waals surface area contributed by atoms with E-state index in [1.165, 1.54) is 11.0 Å². The summed E-state index contributed by atoms with van der Waals surface area (Å²) in [5.74, 6) is -0.373. The van der Waals surface area contributed by atoms with Crippen LogP contribution in [0.5, 0.6) is 0 Å². The Morgan fingerprint density at radius 3 is 2.62 bits per heavy atom. The number of carbonyl (C=O) groups is 1. The van der Waals surface area contributed by atoms with E-state index in [-0.39, 0.29) is 11.7 Å². The second-order valence-corrected chi connectivity index (χ2v) is 5.75. The number of hydrogen-bond donors (Lipinski definition) is 1. The van der Waals surface area contributed by atoms with Gasteiger partial charge in [-0.25, -0.2) is 4.39 Å². The van der Waals surface area contributed by atoms with Crippen molar-refractivity contribution in [3.05, 3.63) is 63.9 Å². The maximum absolute atomic E-state index is 13.8. The fourth-order valence-electron chi connectivity index (χ4n) is 1.92. The van der Waals surface area contributed by atoms with Crippen LogP contribution in [-0.2, 0) is 6.54 Å². The number of benzene rings is 2. The van der Waals surface area contributed by atoms with Gasteiger partial charge in [0.2, 0.25) is 0 Å². The highest BCUT2D eigenvalue weighted by Crippen LogP contribution is 2.20. The third-order valence-corrected chi connectivity index (χ3v) is 3.54. The number of nitrogens with one attached hydrogen (secondary N) is 1. The minimum absolute atomic E-state index is 0.0885. The van der Waals surface area contributed by atoms with E-state index >= 15 is 0 Å². The van der Waals surface area contributed by atoms with Crippen LogP contribution >= 0.6 is 15.9 Å². The van der Waals surface area contributed by atoms with Crippen molar-refractivity contribution in [3.8, 4) is 0 Å². The van der Waals surface area contributed by atoms with Gasteiger partial charge in [-0.2, -0.15) is 0 Å². The van der Waals surface area contributed by atoms with Crippen molar-refractivity contribution in [2.45, 2.75) is 6.54 Å². The topological polar surface area (TPSA) is 32.3 Å². The Hall–Kier alpha value is -1.88. The van der Waals surface area contributed by atoms with Crippen LogP contribution in [0, 0.1) is 5.82 Å². The minimum Gasteiger partial charge on any atom is -0.380 e. The Labute approximate surface area is 131 Å². The molecular weight excluding hydrogens is 335 g/mol. The number of nitrogens with zero attached hydrogens (tertiary/aromatic N) is 1. The van der Waals surface area contributed by atoms with Crippen molar-refractivity contribution < 1.29 is 9.18 Å². The first-order chi connectivity index (χ1) is 9.99. The smallest absolute Gasteiger partial charge is 0.255 e. The molecule has 110 valence electrons. The lowest BCUT2D eigenvalue weighted by molar-refractivity contribution is 0.0828. The zero-order valence-electron chi connectivity index (χ0n) is 11.9. The lowest BCUT2D eigenvalue weighted by Crippen LogP contribution is -2.22. The molecule has 2 aromatic rings. The van der Waals surface area contributed by atoms with Gasteiger partial charge in [0.15, 0.2) is 0 Å². The van der Waals surface area contributed by atoms with E-state index in [1.807, 2.05) is 18.2 Å². The summed E-state index contributed by atoms with van der Waals surface area (Å²) < 4.78 is 14.5. The molecule has 1 amide bonds. The molecule has 0 bridgehead atoms. The standard InChI is InChI=1S/C16H16BrFN2O/c1-20(2)16(21)13-5-3-4-6-15(13)19-10-11-7-8-12(17)9-14(11)18/h3-9,19H,10H2,1-2H3. The number of amides is 1. The van der Waals surface area contributed by atoms with Gasteiger partial charge in [0.25, 0.3) is 5.91 Å². The number of carbonyl (C=O) groups excluding carboxylic acids is 1. The zero-order valence-corrected chi connectivity index (χ0v) is 13.4. The fraction of sp³-hybridized carbons (Fsp3) is 0.188. The SMILES string of the molecule is CN(C)C(=O)c1ccccc1NCc1ccc(Br)cc1F. The molecule has 1 N–H and O–H groups in total. The van der Waals surface area contributed by atoms with E-state index < -0.39 is 0 Å². The summed E-state index contributed by atoms with van der Waals surface area (Å²) in [4.78, 5) is 13.6. The van der Waals surface area contributed by atoms with Gasteiger partial charge >= 0.3 is 0 Å². The zero-order chi connectivity index (χ0) is 15.4. The lowest BCUT2D eigenvalue weighted by atomic mass is 10.1. The van der Waals surface area contributed by atoms with Gasteiger partial charge in [0, 0.05) is 36.4 Å². The number of anilines is 1. The van der Waals surface area contributed by atoms with Gasteiger partial charge in [-0.05, 0) is 24.3 Å². The third-order valence-electron chi connectivity index (χ3n) is 3.05. The van der Waals surface area contributed by atoms with Crippen LogP contribution in [-0.4, -0.2) is 24.9 Å². The maximum Gasteiger partial charge on any atom is 0.255 e. The Balaban J connectivity index is 2.19. The predicted molar refractivity (Wildman–Crippen MR) is 85.9 cm³/mol. The summed E-state index contributed by atoms with van der Waals surface area (Å²) >= 11 is 3.23. The molecule has 5 heteroatoms. The number of hydrogen-bond acceptors (Lipinski definition) is 2. The molecule has 2 rings (SSSR count). The first kappa shape index (κ1) is 15.5. The van der Waals surface area contributed by atoms with Gasteiger partial charge < -0.3 is 10.2 Å². The van der Waals surface area contributed by atoms with Crippen LogP contribution in [0.4, 0.5) is 10.1 Å². The molecule has 0 aromatic heterocycles. The molecule has 0 fully saturated rings. The summed E-state index contributed by atoms with van der Waals surface area (Å²) in [5.41, 5.74) is 1.81. The molecule has 0 spiro atoms. The molecule has 0 aliphatic heterocycles. The van der Waals surface area contributed by atoms with Gasteiger partial charge in [-0.3, -0.25) is 4.79 Å². The van der Waals surface area contributed by atoms with Crippen molar-refractivity contribution in [3.63, 3.8) is 0 Å². The van der Waals surface area contributed by atoms with E-state index in [1.54, 1.807) is 32.3 Å². The molecule has 0 aliphatic carbocycles. The van der Waals surface area contributed by atoms with Gasteiger partial charge in [0.1, 0.15) is 5.82 Å².